The van der Waals surface area contributed by atoms with Crippen molar-refractivity contribution in [1.29, 1.82) is 0 Å². The highest BCUT2D eigenvalue weighted by Gasteiger charge is 2.33. The average Bonchev–Trinajstić information content (AvgIpc) is 3.05. The molecule has 0 aromatic heterocycles. The fourth-order valence-corrected chi connectivity index (χ4v) is 5.14. The molecule has 0 bridgehead atoms. The maximum Gasteiger partial charge on any atom is 0.237 e. The summed E-state index contributed by atoms with van der Waals surface area (Å²) >= 11 is 0. The standard InChI is InChI=1S/C22H39N3O2/c1-22(2,3)18-8-12-24(13-9-18)16-21(27)25(19-6-10-23-11-7-19)15-17-4-5-20(26)14-17/h17-19,23H,4-16H2,1-3H3. The van der Waals surface area contributed by atoms with Crippen LogP contribution in [0, 0.1) is 17.3 Å². The van der Waals surface area contributed by atoms with Gasteiger partial charge in [-0.05, 0) is 75.5 Å². The topological polar surface area (TPSA) is 52.7 Å². The van der Waals surface area contributed by atoms with E-state index in [9.17, 15) is 9.59 Å². The zero-order valence-corrected chi connectivity index (χ0v) is 17.6. The van der Waals surface area contributed by atoms with Gasteiger partial charge in [-0.3, -0.25) is 14.5 Å². The number of carbonyl (C=O) groups is 2. The predicted molar refractivity (Wildman–Crippen MR) is 109 cm³/mol. The molecule has 0 radical (unpaired) electrons. The van der Waals surface area contributed by atoms with E-state index < -0.39 is 0 Å². The normalized spacial score (nSPS) is 26.5. The summed E-state index contributed by atoms with van der Waals surface area (Å²) in [6.45, 7) is 12.4. The largest absolute Gasteiger partial charge is 0.338 e. The van der Waals surface area contributed by atoms with Crippen LogP contribution in [0.5, 0.6) is 0 Å². The maximum absolute atomic E-state index is 13.2. The van der Waals surface area contributed by atoms with Crippen LogP contribution in [-0.4, -0.2) is 66.8 Å². The molecule has 27 heavy (non-hydrogen) atoms. The number of likely N-dealkylation sites (tertiary alicyclic amines) is 1. The summed E-state index contributed by atoms with van der Waals surface area (Å²) in [6, 6.07) is 0.349. The molecule has 2 saturated heterocycles. The third-order valence-corrected chi connectivity index (χ3v) is 7.04. The number of rotatable bonds is 5. The monoisotopic (exact) mass is 377 g/mol. The summed E-state index contributed by atoms with van der Waals surface area (Å²) in [5.41, 5.74) is 0.367. The van der Waals surface area contributed by atoms with E-state index in [4.69, 9.17) is 0 Å². The first kappa shape index (κ1) is 20.8. The second kappa shape index (κ2) is 9.04. The van der Waals surface area contributed by atoms with Gasteiger partial charge in [-0.1, -0.05) is 20.8 Å². The van der Waals surface area contributed by atoms with Gasteiger partial charge in [0.1, 0.15) is 5.78 Å². The van der Waals surface area contributed by atoms with Crippen LogP contribution in [0.25, 0.3) is 0 Å². The van der Waals surface area contributed by atoms with Gasteiger partial charge >= 0.3 is 0 Å². The summed E-state index contributed by atoms with van der Waals surface area (Å²) in [5, 5.41) is 3.41. The fourth-order valence-electron chi connectivity index (χ4n) is 5.14. The van der Waals surface area contributed by atoms with E-state index in [-0.39, 0.29) is 5.91 Å². The van der Waals surface area contributed by atoms with E-state index in [1.165, 1.54) is 12.8 Å². The molecule has 3 fully saturated rings. The maximum atomic E-state index is 13.2. The first-order valence-electron chi connectivity index (χ1n) is 11.1. The van der Waals surface area contributed by atoms with Crippen molar-refractivity contribution in [3.05, 3.63) is 0 Å². The van der Waals surface area contributed by atoms with E-state index in [0.29, 0.717) is 42.5 Å². The quantitative estimate of drug-likeness (QED) is 0.800. The zero-order valence-electron chi connectivity index (χ0n) is 17.6. The molecule has 2 aliphatic heterocycles. The van der Waals surface area contributed by atoms with Crippen molar-refractivity contribution in [2.24, 2.45) is 17.3 Å². The van der Waals surface area contributed by atoms with E-state index in [0.717, 1.165) is 57.9 Å². The number of nitrogens with one attached hydrogen (secondary N) is 1. The molecule has 2 heterocycles. The molecule has 1 atom stereocenters. The Balaban J connectivity index is 1.56. The molecule has 1 aliphatic carbocycles. The Morgan fingerprint density at radius 3 is 2.33 bits per heavy atom. The number of hydrogen-bond donors (Lipinski definition) is 1. The second-order valence-corrected chi connectivity index (χ2v) is 10.1. The smallest absolute Gasteiger partial charge is 0.237 e. The molecule has 5 heteroatoms. The minimum absolute atomic E-state index is 0.287. The number of ketones is 1. The summed E-state index contributed by atoms with van der Waals surface area (Å²) in [4.78, 5) is 29.4. The van der Waals surface area contributed by atoms with Crippen molar-refractivity contribution in [3.63, 3.8) is 0 Å². The molecule has 1 N–H and O–H groups in total. The number of Topliss-reactive ketones (excluding diaryl/α,β-unsaturated/α-hetero) is 1. The van der Waals surface area contributed by atoms with Crippen LogP contribution in [0.1, 0.15) is 65.7 Å². The molecule has 3 rings (SSSR count). The van der Waals surface area contributed by atoms with Crippen LogP contribution in [-0.2, 0) is 9.59 Å². The van der Waals surface area contributed by atoms with Crippen molar-refractivity contribution >= 4 is 11.7 Å². The number of carbonyl (C=O) groups excluding carboxylic acids is 2. The van der Waals surface area contributed by atoms with Crippen molar-refractivity contribution < 1.29 is 9.59 Å². The average molecular weight is 378 g/mol. The molecular formula is C22H39N3O2. The van der Waals surface area contributed by atoms with Gasteiger partial charge < -0.3 is 10.2 Å². The lowest BCUT2D eigenvalue weighted by atomic mass is 9.75. The first-order chi connectivity index (χ1) is 12.8. The van der Waals surface area contributed by atoms with E-state index >= 15 is 0 Å². The minimum Gasteiger partial charge on any atom is -0.338 e. The van der Waals surface area contributed by atoms with Gasteiger partial charge in [-0.15, -0.1) is 0 Å². The minimum atomic E-state index is 0.287. The van der Waals surface area contributed by atoms with Crippen molar-refractivity contribution in [3.8, 4) is 0 Å². The summed E-state index contributed by atoms with van der Waals surface area (Å²) in [7, 11) is 0. The van der Waals surface area contributed by atoms with Crippen LogP contribution >= 0.6 is 0 Å². The fraction of sp³-hybridized carbons (Fsp3) is 0.909. The molecule has 0 aromatic rings. The van der Waals surface area contributed by atoms with Crippen molar-refractivity contribution in [2.45, 2.75) is 71.8 Å². The molecule has 154 valence electrons. The molecule has 0 aromatic carbocycles. The van der Waals surface area contributed by atoms with Crippen LogP contribution in [0.3, 0.4) is 0 Å². The third kappa shape index (κ3) is 5.77. The number of piperidine rings is 2. The second-order valence-electron chi connectivity index (χ2n) is 10.1. The molecule has 3 aliphatic rings. The lowest BCUT2D eigenvalue weighted by Gasteiger charge is -2.40. The lowest BCUT2D eigenvalue weighted by molar-refractivity contribution is -0.136. The predicted octanol–water partition coefficient (Wildman–Crippen LogP) is 2.69. The van der Waals surface area contributed by atoms with E-state index in [1.807, 2.05) is 0 Å². The van der Waals surface area contributed by atoms with Crippen molar-refractivity contribution in [2.75, 3.05) is 39.3 Å². The Morgan fingerprint density at radius 2 is 1.78 bits per heavy atom. The Bertz CT molecular complexity index is 514. The van der Waals surface area contributed by atoms with E-state index in [1.54, 1.807) is 0 Å². The summed E-state index contributed by atoms with van der Waals surface area (Å²) in [6.07, 6.45) is 6.81. The molecule has 1 amide bonds. The van der Waals surface area contributed by atoms with Gasteiger partial charge in [0.05, 0.1) is 6.54 Å². The highest BCUT2D eigenvalue weighted by Crippen LogP contribution is 2.34. The number of hydrogen-bond acceptors (Lipinski definition) is 4. The lowest BCUT2D eigenvalue weighted by Crippen LogP contribution is -2.51. The highest BCUT2D eigenvalue weighted by atomic mass is 16.2. The number of nitrogens with zero attached hydrogens (tertiary/aromatic N) is 2. The van der Waals surface area contributed by atoms with Crippen LogP contribution < -0.4 is 5.32 Å². The van der Waals surface area contributed by atoms with Gasteiger partial charge in [0.15, 0.2) is 0 Å². The van der Waals surface area contributed by atoms with Crippen LogP contribution in [0.15, 0.2) is 0 Å². The Labute approximate surface area is 165 Å². The summed E-state index contributed by atoms with van der Waals surface area (Å²) in [5.74, 6) is 1.80. The van der Waals surface area contributed by atoms with Gasteiger partial charge in [0.2, 0.25) is 5.91 Å². The number of amides is 1. The highest BCUT2D eigenvalue weighted by molar-refractivity contribution is 5.81. The van der Waals surface area contributed by atoms with Gasteiger partial charge in [0.25, 0.3) is 0 Å². The van der Waals surface area contributed by atoms with Gasteiger partial charge in [-0.25, -0.2) is 0 Å². The van der Waals surface area contributed by atoms with Crippen LogP contribution in [0.2, 0.25) is 0 Å². The van der Waals surface area contributed by atoms with Gasteiger partial charge in [0, 0.05) is 25.4 Å². The van der Waals surface area contributed by atoms with Gasteiger partial charge in [-0.2, -0.15) is 0 Å². The summed E-state index contributed by atoms with van der Waals surface area (Å²) < 4.78 is 0. The SMILES string of the molecule is CC(C)(C)C1CCN(CC(=O)N(CC2CCC(=O)C2)C2CCNCC2)CC1. The molecule has 1 unspecified atom stereocenters. The zero-order chi connectivity index (χ0) is 19.4. The van der Waals surface area contributed by atoms with Crippen LogP contribution in [0.4, 0.5) is 0 Å². The Kier molecular flexibility index (Phi) is 6.96. The Morgan fingerprint density at radius 1 is 1.11 bits per heavy atom. The van der Waals surface area contributed by atoms with E-state index in [2.05, 4.69) is 35.9 Å². The molecule has 1 saturated carbocycles. The molecule has 0 spiro atoms. The van der Waals surface area contributed by atoms with Crippen molar-refractivity contribution in [1.82, 2.24) is 15.1 Å². The third-order valence-electron chi connectivity index (χ3n) is 7.04. The molecular weight excluding hydrogens is 338 g/mol. The first-order valence-corrected chi connectivity index (χ1v) is 11.1. The molecule has 5 nitrogen and oxygen atoms in total. The Hall–Kier alpha value is -0.940.